The normalized spacial score (nSPS) is 36.4. The van der Waals surface area contributed by atoms with E-state index in [9.17, 15) is 13.7 Å². The first-order valence-corrected chi connectivity index (χ1v) is 7.89. The predicted molar refractivity (Wildman–Crippen MR) is 64.1 cm³/mol. The summed E-state index contributed by atoms with van der Waals surface area (Å²) in [6.45, 7) is 3.37. The van der Waals surface area contributed by atoms with Gasteiger partial charge in [0, 0.05) is 0 Å². The van der Waals surface area contributed by atoms with Crippen molar-refractivity contribution < 1.29 is 13.2 Å². The number of hydrogen-bond acceptors (Lipinski definition) is 4. The van der Waals surface area contributed by atoms with E-state index in [1.54, 1.807) is 13.8 Å². The molecule has 0 aliphatic carbocycles. The summed E-state index contributed by atoms with van der Waals surface area (Å²) in [7, 11) is -3.06. The van der Waals surface area contributed by atoms with Gasteiger partial charge < -0.3 is 4.74 Å². The second-order valence-electron chi connectivity index (χ2n) is 5.46. The maximum Gasteiger partial charge on any atom is 0.152 e. The van der Waals surface area contributed by atoms with E-state index in [-0.39, 0.29) is 23.2 Å². The number of nitriles is 1. The van der Waals surface area contributed by atoms with Gasteiger partial charge in [0.2, 0.25) is 0 Å². The van der Waals surface area contributed by atoms with Crippen LogP contribution >= 0.6 is 0 Å². The lowest BCUT2D eigenvalue weighted by Crippen LogP contribution is -2.34. The molecule has 3 unspecified atom stereocenters. The Morgan fingerprint density at radius 3 is 2.59 bits per heavy atom. The smallest absolute Gasteiger partial charge is 0.152 e. The van der Waals surface area contributed by atoms with Crippen molar-refractivity contribution in [1.82, 2.24) is 0 Å². The molecule has 2 saturated heterocycles. The molecule has 3 atom stereocenters. The van der Waals surface area contributed by atoms with Crippen LogP contribution in [0.1, 0.15) is 39.5 Å². The van der Waals surface area contributed by atoms with Gasteiger partial charge in [0.05, 0.1) is 34.7 Å². The minimum absolute atomic E-state index is 0.0418. The SMILES string of the molecule is CC(C)S(=O)(=O)CCC1(C#N)CC2CCC1O2. The quantitative estimate of drug-likeness (QED) is 0.768. The Labute approximate surface area is 103 Å². The number of nitrogens with zero attached hydrogens (tertiary/aromatic N) is 1. The summed E-state index contributed by atoms with van der Waals surface area (Å²) < 4.78 is 29.3. The van der Waals surface area contributed by atoms with E-state index in [2.05, 4.69) is 6.07 Å². The fourth-order valence-electron chi connectivity index (χ4n) is 2.80. The molecule has 2 rings (SSSR count). The molecular weight excluding hydrogens is 238 g/mol. The molecule has 2 aliphatic heterocycles. The third-order valence-electron chi connectivity index (χ3n) is 4.09. The third-order valence-corrected chi connectivity index (χ3v) is 6.30. The van der Waals surface area contributed by atoms with Gasteiger partial charge in [0.15, 0.2) is 9.84 Å². The monoisotopic (exact) mass is 257 g/mol. The van der Waals surface area contributed by atoms with Crippen LogP contribution in [-0.4, -0.2) is 31.6 Å². The van der Waals surface area contributed by atoms with Gasteiger partial charge in [-0.05, 0) is 39.5 Å². The minimum Gasteiger partial charge on any atom is -0.373 e. The van der Waals surface area contributed by atoms with Gasteiger partial charge in [-0.15, -0.1) is 0 Å². The van der Waals surface area contributed by atoms with Crippen LogP contribution in [0.5, 0.6) is 0 Å². The number of hydrogen-bond donors (Lipinski definition) is 0. The molecule has 2 fully saturated rings. The van der Waals surface area contributed by atoms with Crippen LogP contribution in [0.15, 0.2) is 0 Å². The summed E-state index contributed by atoms with van der Waals surface area (Å²) in [4.78, 5) is 0. The first-order valence-electron chi connectivity index (χ1n) is 6.18. The zero-order valence-electron chi connectivity index (χ0n) is 10.3. The molecule has 4 nitrogen and oxygen atoms in total. The highest BCUT2D eigenvalue weighted by Gasteiger charge is 2.53. The standard InChI is InChI=1S/C12H19NO3S/c1-9(2)17(14,15)6-5-12(8-13)7-10-3-4-11(12)16-10/h9-11H,3-7H2,1-2H3. The molecular formula is C12H19NO3S. The van der Waals surface area contributed by atoms with Gasteiger partial charge in [-0.1, -0.05) is 0 Å². The molecule has 0 aromatic carbocycles. The highest BCUT2D eigenvalue weighted by Crippen LogP contribution is 2.49. The summed E-state index contributed by atoms with van der Waals surface area (Å²) in [5, 5.41) is 8.99. The average Bonchev–Trinajstić information content (AvgIpc) is 2.86. The zero-order chi connectivity index (χ0) is 12.7. The molecule has 2 bridgehead atoms. The van der Waals surface area contributed by atoms with E-state index in [0.29, 0.717) is 12.8 Å². The Balaban J connectivity index is 2.06. The lowest BCUT2D eigenvalue weighted by atomic mass is 9.73. The van der Waals surface area contributed by atoms with Crippen LogP contribution in [0.2, 0.25) is 0 Å². The van der Waals surface area contributed by atoms with Gasteiger partial charge in [-0.2, -0.15) is 5.26 Å². The Hall–Kier alpha value is -0.600. The second-order valence-corrected chi connectivity index (χ2v) is 8.14. The molecule has 0 aromatic heterocycles. The van der Waals surface area contributed by atoms with Crippen LogP contribution < -0.4 is 0 Å². The molecule has 2 heterocycles. The van der Waals surface area contributed by atoms with Crippen LogP contribution in [0.3, 0.4) is 0 Å². The summed E-state index contributed by atoms with van der Waals surface area (Å²) in [6, 6.07) is 2.33. The van der Waals surface area contributed by atoms with Crippen LogP contribution in [0.4, 0.5) is 0 Å². The van der Waals surface area contributed by atoms with Crippen molar-refractivity contribution in [3.63, 3.8) is 0 Å². The molecule has 0 radical (unpaired) electrons. The van der Waals surface area contributed by atoms with Crippen molar-refractivity contribution >= 4 is 9.84 Å². The largest absolute Gasteiger partial charge is 0.373 e. The van der Waals surface area contributed by atoms with E-state index < -0.39 is 15.3 Å². The molecule has 2 aliphatic rings. The van der Waals surface area contributed by atoms with E-state index in [0.717, 1.165) is 12.8 Å². The Bertz CT molecular complexity index is 437. The van der Waals surface area contributed by atoms with Crippen molar-refractivity contribution in [3.05, 3.63) is 0 Å². The topological polar surface area (TPSA) is 67.2 Å². The molecule has 0 aromatic rings. The van der Waals surface area contributed by atoms with Crippen LogP contribution in [0.25, 0.3) is 0 Å². The van der Waals surface area contributed by atoms with Crippen molar-refractivity contribution in [2.75, 3.05) is 5.75 Å². The predicted octanol–water partition coefficient (Wildman–Crippen LogP) is 1.66. The highest BCUT2D eigenvalue weighted by atomic mass is 32.2. The summed E-state index contributed by atoms with van der Waals surface area (Å²) >= 11 is 0. The lowest BCUT2D eigenvalue weighted by Gasteiger charge is -2.28. The average molecular weight is 257 g/mol. The minimum atomic E-state index is -3.06. The van der Waals surface area contributed by atoms with E-state index in [4.69, 9.17) is 4.74 Å². The molecule has 0 spiro atoms. The Morgan fingerprint density at radius 2 is 2.18 bits per heavy atom. The molecule has 0 saturated carbocycles. The number of ether oxygens (including phenoxy) is 1. The first kappa shape index (κ1) is 12.8. The van der Waals surface area contributed by atoms with Gasteiger partial charge in [0.1, 0.15) is 0 Å². The highest BCUT2D eigenvalue weighted by molar-refractivity contribution is 7.91. The first-order chi connectivity index (χ1) is 7.89. The van der Waals surface area contributed by atoms with E-state index in [1.165, 1.54) is 0 Å². The maximum atomic E-state index is 11.8. The van der Waals surface area contributed by atoms with Gasteiger partial charge in [-0.25, -0.2) is 8.42 Å². The van der Waals surface area contributed by atoms with Crippen molar-refractivity contribution in [2.24, 2.45) is 5.41 Å². The molecule has 5 heteroatoms. The van der Waals surface area contributed by atoms with E-state index >= 15 is 0 Å². The van der Waals surface area contributed by atoms with Gasteiger partial charge in [-0.3, -0.25) is 0 Å². The lowest BCUT2D eigenvalue weighted by molar-refractivity contribution is 0.0779. The van der Waals surface area contributed by atoms with E-state index in [1.807, 2.05) is 0 Å². The third kappa shape index (κ3) is 2.21. The van der Waals surface area contributed by atoms with Gasteiger partial charge >= 0.3 is 0 Å². The number of sulfone groups is 1. The summed E-state index contributed by atoms with van der Waals surface area (Å²) in [5.74, 6) is 0.102. The zero-order valence-corrected chi connectivity index (χ0v) is 11.2. The number of rotatable bonds is 4. The number of fused-ring (bicyclic) bond motifs is 2. The van der Waals surface area contributed by atoms with Crippen molar-refractivity contribution in [1.29, 1.82) is 5.26 Å². The van der Waals surface area contributed by atoms with Crippen molar-refractivity contribution in [3.8, 4) is 6.07 Å². The van der Waals surface area contributed by atoms with Crippen LogP contribution in [-0.2, 0) is 14.6 Å². The second kappa shape index (κ2) is 4.25. The fraction of sp³-hybridized carbons (Fsp3) is 0.917. The molecule has 17 heavy (non-hydrogen) atoms. The van der Waals surface area contributed by atoms with Gasteiger partial charge in [0.25, 0.3) is 0 Å². The fourth-order valence-corrected chi connectivity index (χ4v) is 3.92. The molecule has 0 N–H and O–H groups in total. The molecule has 0 amide bonds. The summed E-state index contributed by atoms with van der Waals surface area (Å²) in [5.41, 5.74) is -0.551. The van der Waals surface area contributed by atoms with Crippen molar-refractivity contribution in [2.45, 2.75) is 57.0 Å². The Kier molecular flexibility index (Phi) is 3.21. The maximum absolute atomic E-state index is 11.8. The summed E-state index contributed by atoms with van der Waals surface area (Å²) in [6.07, 6.45) is 3.19. The van der Waals surface area contributed by atoms with Crippen LogP contribution in [0, 0.1) is 16.7 Å². The Morgan fingerprint density at radius 1 is 1.47 bits per heavy atom. The molecule has 96 valence electrons.